The van der Waals surface area contributed by atoms with Gasteiger partial charge in [0.15, 0.2) is 6.61 Å². The quantitative estimate of drug-likeness (QED) is 0.870. The Morgan fingerprint density at radius 3 is 2.86 bits per heavy atom. The summed E-state index contributed by atoms with van der Waals surface area (Å²) in [5.41, 5.74) is 0.515. The van der Waals surface area contributed by atoms with Gasteiger partial charge >= 0.3 is 0 Å². The minimum atomic E-state index is -0.414. The highest BCUT2D eigenvalue weighted by Crippen LogP contribution is 2.20. The maximum Gasteiger partial charge on any atom is 0.286 e. The van der Waals surface area contributed by atoms with Crippen LogP contribution in [-0.4, -0.2) is 35.7 Å². The Morgan fingerprint density at radius 1 is 1.38 bits per heavy atom. The summed E-state index contributed by atoms with van der Waals surface area (Å²) in [7, 11) is 1.52. The normalized spacial score (nSPS) is 10.0. The van der Waals surface area contributed by atoms with E-state index in [1.54, 1.807) is 24.3 Å². The van der Waals surface area contributed by atoms with Gasteiger partial charge in [0.1, 0.15) is 5.75 Å². The van der Waals surface area contributed by atoms with Crippen molar-refractivity contribution in [3.63, 3.8) is 0 Å². The predicted molar refractivity (Wildman–Crippen MR) is 78.9 cm³/mol. The summed E-state index contributed by atoms with van der Waals surface area (Å²) in [6.07, 6.45) is 0. The molecule has 0 saturated carbocycles. The van der Waals surface area contributed by atoms with Gasteiger partial charge < -0.3 is 15.4 Å². The maximum absolute atomic E-state index is 11.9. The van der Waals surface area contributed by atoms with E-state index in [4.69, 9.17) is 16.3 Å². The van der Waals surface area contributed by atoms with Crippen LogP contribution in [0.2, 0.25) is 4.47 Å². The number of benzene rings is 1. The number of ether oxygens (including phenoxy) is 1. The van der Waals surface area contributed by atoms with Gasteiger partial charge in [0, 0.05) is 18.8 Å². The molecule has 0 unspecified atom stereocenters. The van der Waals surface area contributed by atoms with Crippen molar-refractivity contribution in [2.75, 3.05) is 19.0 Å². The third-order valence-electron chi connectivity index (χ3n) is 2.34. The van der Waals surface area contributed by atoms with E-state index < -0.39 is 5.91 Å². The predicted octanol–water partition coefficient (Wildman–Crippen LogP) is 1.57. The van der Waals surface area contributed by atoms with Crippen molar-refractivity contribution in [1.82, 2.24) is 15.5 Å². The lowest BCUT2D eigenvalue weighted by atomic mass is 10.3. The number of halogens is 1. The van der Waals surface area contributed by atoms with Crippen molar-refractivity contribution in [2.45, 2.75) is 0 Å². The highest BCUT2D eigenvalue weighted by Gasteiger charge is 2.12. The number of aromatic nitrogens is 2. The number of anilines is 1. The minimum absolute atomic E-state index is 0.0973. The molecule has 0 aliphatic rings. The molecule has 1 aromatic carbocycles. The molecular formula is C12H11ClN4O3S. The van der Waals surface area contributed by atoms with E-state index in [0.717, 1.165) is 11.3 Å². The molecule has 2 N–H and O–H groups in total. The molecule has 110 valence electrons. The number of nitrogens with one attached hydrogen (secondary N) is 2. The molecule has 0 bridgehead atoms. The van der Waals surface area contributed by atoms with Gasteiger partial charge in [0.2, 0.25) is 9.47 Å². The largest absolute Gasteiger partial charge is 0.484 e. The number of likely N-dealkylation sites (N-methyl/N-ethyl adjacent to an activating group) is 1. The van der Waals surface area contributed by atoms with Crippen LogP contribution in [0.3, 0.4) is 0 Å². The SMILES string of the molecule is CNC(=O)COc1cccc(NC(=O)c2nnc(Cl)s2)c1. The first-order valence-corrected chi connectivity index (χ1v) is 7.01. The molecule has 0 saturated heterocycles. The van der Waals surface area contributed by atoms with E-state index in [0.29, 0.717) is 11.4 Å². The van der Waals surface area contributed by atoms with Crippen molar-refractivity contribution < 1.29 is 14.3 Å². The molecule has 0 aliphatic carbocycles. The molecule has 0 spiro atoms. The molecule has 7 nitrogen and oxygen atoms in total. The van der Waals surface area contributed by atoms with E-state index in [1.165, 1.54) is 7.05 Å². The molecule has 0 aliphatic heterocycles. The Labute approximate surface area is 129 Å². The number of carbonyl (C=O) groups is 2. The monoisotopic (exact) mass is 326 g/mol. The lowest BCUT2D eigenvalue weighted by Gasteiger charge is -2.07. The fourth-order valence-electron chi connectivity index (χ4n) is 1.37. The van der Waals surface area contributed by atoms with Crippen LogP contribution < -0.4 is 15.4 Å². The second-order valence-corrected chi connectivity index (χ2v) is 5.36. The van der Waals surface area contributed by atoms with E-state index in [1.807, 2.05) is 0 Å². The lowest BCUT2D eigenvalue weighted by molar-refractivity contribution is -0.122. The first-order valence-electron chi connectivity index (χ1n) is 5.82. The third-order valence-corrected chi connectivity index (χ3v) is 3.35. The topological polar surface area (TPSA) is 93.2 Å². The van der Waals surface area contributed by atoms with Crippen molar-refractivity contribution in [1.29, 1.82) is 0 Å². The molecule has 2 rings (SSSR count). The summed E-state index contributed by atoms with van der Waals surface area (Å²) in [6, 6.07) is 6.67. The zero-order valence-electron chi connectivity index (χ0n) is 10.9. The van der Waals surface area contributed by atoms with Crippen LogP contribution in [-0.2, 0) is 4.79 Å². The molecule has 2 amide bonds. The summed E-state index contributed by atoms with van der Waals surface area (Å²) in [5.74, 6) is -0.192. The molecule has 0 atom stereocenters. The number of rotatable bonds is 5. The van der Waals surface area contributed by atoms with Crippen molar-refractivity contribution in [2.24, 2.45) is 0 Å². The molecule has 1 aromatic heterocycles. The van der Waals surface area contributed by atoms with Gasteiger partial charge in [-0.25, -0.2) is 0 Å². The molecule has 21 heavy (non-hydrogen) atoms. The number of hydrogen-bond acceptors (Lipinski definition) is 6. The third kappa shape index (κ3) is 4.40. The van der Waals surface area contributed by atoms with Crippen LogP contribution in [0, 0.1) is 0 Å². The zero-order valence-corrected chi connectivity index (χ0v) is 12.5. The molecule has 1 heterocycles. The average Bonchev–Trinajstić information content (AvgIpc) is 2.92. The van der Waals surface area contributed by atoms with Crippen LogP contribution in [0.25, 0.3) is 0 Å². The molecular weight excluding hydrogens is 316 g/mol. The van der Waals surface area contributed by atoms with E-state index >= 15 is 0 Å². The number of carbonyl (C=O) groups excluding carboxylic acids is 2. The van der Waals surface area contributed by atoms with Crippen LogP contribution in [0.5, 0.6) is 5.75 Å². The number of hydrogen-bond donors (Lipinski definition) is 2. The van der Waals surface area contributed by atoms with Gasteiger partial charge in [-0.1, -0.05) is 17.4 Å². The second-order valence-electron chi connectivity index (χ2n) is 3.80. The Hall–Kier alpha value is -2.19. The van der Waals surface area contributed by atoms with Crippen LogP contribution in [0.4, 0.5) is 5.69 Å². The summed E-state index contributed by atoms with van der Waals surface area (Å²) >= 11 is 6.61. The van der Waals surface area contributed by atoms with Gasteiger partial charge in [0.05, 0.1) is 0 Å². The second kappa shape index (κ2) is 7.00. The maximum atomic E-state index is 11.9. The Morgan fingerprint density at radius 2 is 2.19 bits per heavy atom. The van der Waals surface area contributed by atoms with Crippen LogP contribution in [0.15, 0.2) is 24.3 Å². The first-order chi connectivity index (χ1) is 10.1. The Bertz CT molecular complexity index is 661. The summed E-state index contributed by atoms with van der Waals surface area (Å²) < 4.78 is 5.48. The number of amides is 2. The zero-order chi connectivity index (χ0) is 15.2. The van der Waals surface area contributed by atoms with Crippen molar-refractivity contribution in [3.05, 3.63) is 33.7 Å². The van der Waals surface area contributed by atoms with E-state index in [2.05, 4.69) is 20.8 Å². The Kier molecular flexibility index (Phi) is 5.07. The standard InChI is InChI=1S/C12H11ClN4O3S/c1-14-9(18)6-20-8-4-2-3-7(5-8)15-10(19)11-16-17-12(13)21-11/h2-5H,6H2,1H3,(H,14,18)(H,15,19). The van der Waals surface area contributed by atoms with Gasteiger partial charge in [-0.3, -0.25) is 9.59 Å². The Balaban J connectivity index is 2.00. The van der Waals surface area contributed by atoms with Gasteiger partial charge in [-0.05, 0) is 23.7 Å². The van der Waals surface area contributed by atoms with Crippen molar-refractivity contribution in [3.8, 4) is 5.75 Å². The smallest absolute Gasteiger partial charge is 0.286 e. The summed E-state index contributed by atoms with van der Waals surface area (Å²) in [6.45, 7) is -0.0973. The van der Waals surface area contributed by atoms with Gasteiger partial charge in [-0.15, -0.1) is 10.2 Å². The van der Waals surface area contributed by atoms with Gasteiger partial charge in [-0.2, -0.15) is 0 Å². The van der Waals surface area contributed by atoms with Crippen molar-refractivity contribution >= 4 is 40.4 Å². The van der Waals surface area contributed by atoms with Crippen LogP contribution in [0.1, 0.15) is 9.80 Å². The molecule has 0 radical (unpaired) electrons. The first kappa shape index (κ1) is 15.2. The highest BCUT2D eigenvalue weighted by molar-refractivity contribution is 7.17. The fraction of sp³-hybridized carbons (Fsp3) is 0.167. The fourth-order valence-corrected chi connectivity index (χ4v) is 2.09. The molecule has 9 heteroatoms. The lowest BCUT2D eigenvalue weighted by Crippen LogP contribution is -2.24. The molecule has 0 fully saturated rings. The average molecular weight is 327 g/mol. The minimum Gasteiger partial charge on any atom is -0.484 e. The van der Waals surface area contributed by atoms with E-state index in [9.17, 15) is 9.59 Å². The summed E-state index contributed by atoms with van der Waals surface area (Å²) in [5, 5.41) is 12.5. The number of nitrogens with zero attached hydrogens (tertiary/aromatic N) is 2. The van der Waals surface area contributed by atoms with Gasteiger partial charge in [0.25, 0.3) is 11.8 Å². The molecule has 2 aromatic rings. The summed E-state index contributed by atoms with van der Waals surface area (Å²) in [4.78, 5) is 23.0. The van der Waals surface area contributed by atoms with E-state index in [-0.39, 0.29) is 22.0 Å². The highest BCUT2D eigenvalue weighted by atomic mass is 35.5. The van der Waals surface area contributed by atoms with Crippen LogP contribution >= 0.6 is 22.9 Å².